The molecule has 6 heteroatoms. The van der Waals surface area contributed by atoms with Crippen LogP contribution in [0.3, 0.4) is 0 Å². The highest BCUT2D eigenvalue weighted by Gasteiger charge is 2.15. The summed E-state index contributed by atoms with van der Waals surface area (Å²) in [5, 5.41) is 0. The monoisotopic (exact) mass is 260 g/mol. The largest absolute Gasteiger partial charge is 0.480 e. The summed E-state index contributed by atoms with van der Waals surface area (Å²) < 4.78 is 10.3. The number of hydrogen-bond donors (Lipinski definition) is 0. The molecule has 2 aromatic rings. The lowest BCUT2D eigenvalue weighted by molar-refractivity contribution is 0.353. The number of rotatable bonds is 4. The molecule has 0 N–H and O–H groups in total. The molecule has 0 amide bonds. The lowest BCUT2D eigenvalue weighted by Crippen LogP contribution is -2.12. The van der Waals surface area contributed by atoms with Crippen LogP contribution in [0.2, 0.25) is 0 Å². The minimum atomic E-state index is 0.274. The quantitative estimate of drug-likeness (QED) is 0.832. The van der Waals surface area contributed by atoms with Crippen molar-refractivity contribution in [2.75, 3.05) is 33.2 Å². The molecular weight excluding hydrogens is 244 g/mol. The van der Waals surface area contributed by atoms with Crippen LogP contribution in [-0.2, 0) is 0 Å². The predicted octanol–water partition coefficient (Wildman–Crippen LogP) is 1.62. The van der Waals surface area contributed by atoms with Gasteiger partial charge in [0.2, 0.25) is 5.88 Å². The molecule has 0 aliphatic rings. The van der Waals surface area contributed by atoms with Crippen LogP contribution in [0.5, 0.6) is 11.9 Å². The third-order valence-electron chi connectivity index (χ3n) is 2.61. The zero-order valence-electron chi connectivity index (χ0n) is 11.4. The molecule has 0 aliphatic carbocycles. The Balaban J connectivity index is 2.58. The van der Waals surface area contributed by atoms with E-state index in [0.717, 1.165) is 16.9 Å². The minimum Gasteiger partial charge on any atom is -0.480 e. The van der Waals surface area contributed by atoms with Crippen molar-refractivity contribution < 1.29 is 9.47 Å². The third kappa shape index (κ3) is 2.57. The lowest BCUT2D eigenvalue weighted by Gasteiger charge is -2.16. The Morgan fingerprint density at radius 3 is 2.47 bits per heavy atom. The van der Waals surface area contributed by atoms with E-state index in [2.05, 4.69) is 15.0 Å². The highest BCUT2D eigenvalue weighted by molar-refractivity contribution is 5.78. The van der Waals surface area contributed by atoms with Crippen LogP contribution in [0.1, 0.15) is 0 Å². The van der Waals surface area contributed by atoms with E-state index in [1.807, 2.05) is 31.1 Å². The molecule has 0 aliphatic heterocycles. The average Bonchev–Trinajstić information content (AvgIpc) is 2.46. The molecule has 0 spiro atoms. The summed E-state index contributed by atoms with van der Waals surface area (Å²) in [6.07, 6.45) is 3.42. The first-order valence-electron chi connectivity index (χ1n) is 5.75. The van der Waals surface area contributed by atoms with E-state index >= 15 is 0 Å². The van der Waals surface area contributed by atoms with Crippen molar-refractivity contribution in [1.29, 1.82) is 0 Å². The Morgan fingerprint density at radius 2 is 1.84 bits per heavy atom. The van der Waals surface area contributed by atoms with Gasteiger partial charge in [0.25, 0.3) is 0 Å². The highest BCUT2D eigenvalue weighted by atomic mass is 16.5. The van der Waals surface area contributed by atoms with Gasteiger partial charge in [0.05, 0.1) is 19.8 Å². The van der Waals surface area contributed by atoms with Crippen molar-refractivity contribution >= 4 is 5.82 Å². The molecule has 0 aromatic carbocycles. The summed E-state index contributed by atoms with van der Waals surface area (Å²) in [5.74, 6) is 1.29. The van der Waals surface area contributed by atoms with E-state index in [9.17, 15) is 0 Å². The molecule has 0 radical (unpaired) electrons. The third-order valence-corrected chi connectivity index (χ3v) is 2.61. The molecule has 0 fully saturated rings. The minimum absolute atomic E-state index is 0.274. The molecule has 6 nitrogen and oxygen atoms in total. The van der Waals surface area contributed by atoms with Gasteiger partial charge in [-0.25, -0.2) is 9.97 Å². The van der Waals surface area contributed by atoms with E-state index in [1.54, 1.807) is 19.5 Å². The number of aromatic nitrogens is 3. The Hall–Kier alpha value is -2.37. The van der Waals surface area contributed by atoms with Gasteiger partial charge in [-0.3, -0.25) is 0 Å². The second-order valence-electron chi connectivity index (χ2n) is 4.05. The van der Waals surface area contributed by atoms with Gasteiger partial charge in [-0.2, -0.15) is 4.98 Å². The molecule has 2 heterocycles. The fraction of sp³-hybridized carbons (Fsp3) is 0.308. The second kappa shape index (κ2) is 5.51. The first-order valence-corrected chi connectivity index (χ1v) is 5.75. The standard InChI is InChI=1S/C13H16N4O2/c1-17(2)11-9(6-5-7-14-11)10-8-15-13(19-4)16-12(10)18-3/h5-8H,1-4H3. The molecule has 0 unspecified atom stereocenters. The predicted molar refractivity (Wildman–Crippen MR) is 72.7 cm³/mol. The number of methoxy groups -OCH3 is 2. The zero-order chi connectivity index (χ0) is 13.8. The maximum absolute atomic E-state index is 5.30. The fourth-order valence-corrected chi connectivity index (χ4v) is 1.75. The number of ether oxygens (including phenoxy) is 2. The Labute approximate surface area is 112 Å². The highest BCUT2D eigenvalue weighted by Crippen LogP contribution is 2.33. The molecule has 0 saturated carbocycles. The van der Waals surface area contributed by atoms with E-state index in [-0.39, 0.29) is 6.01 Å². The molecule has 2 rings (SSSR count). The maximum atomic E-state index is 5.30. The van der Waals surface area contributed by atoms with Gasteiger partial charge in [0.1, 0.15) is 5.82 Å². The molecule has 19 heavy (non-hydrogen) atoms. The van der Waals surface area contributed by atoms with Crippen molar-refractivity contribution in [3.8, 4) is 23.0 Å². The topological polar surface area (TPSA) is 60.4 Å². The molecule has 0 saturated heterocycles. The molecule has 2 aromatic heterocycles. The van der Waals surface area contributed by atoms with E-state index < -0.39 is 0 Å². The van der Waals surface area contributed by atoms with Crippen LogP contribution >= 0.6 is 0 Å². The average molecular weight is 260 g/mol. The van der Waals surface area contributed by atoms with Gasteiger partial charge >= 0.3 is 6.01 Å². The second-order valence-corrected chi connectivity index (χ2v) is 4.05. The molecule has 0 atom stereocenters. The number of pyridine rings is 1. The van der Waals surface area contributed by atoms with Crippen molar-refractivity contribution in [3.63, 3.8) is 0 Å². The van der Waals surface area contributed by atoms with Crippen LogP contribution in [0, 0.1) is 0 Å². The number of hydrogen-bond acceptors (Lipinski definition) is 6. The first kappa shape index (κ1) is 13.1. The summed E-state index contributed by atoms with van der Waals surface area (Å²) in [6, 6.07) is 4.10. The Bertz CT molecular complexity index is 572. The molecular formula is C13H16N4O2. The van der Waals surface area contributed by atoms with Crippen LogP contribution < -0.4 is 14.4 Å². The zero-order valence-corrected chi connectivity index (χ0v) is 11.4. The SMILES string of the molecule is COc1ncc(-c2cccnc2N(C)C)c(OC)n1. The number of nitrogens with zero attached hydrogens (tertiary/aromatic N) is 4. The first-order chi connectivity index (χ1) is 9.17. The summed E-state index contributed by atoms with van der Waals surface area (Å²) in [4.78, 5) is 14.6. The van der Waals surface area contributed by atoms with Gasteiger partial charge in [-0.1, -0.05) is 0 Å². The van der Waals surface area contributed by atoms with E-state index in [1.165, 1.54) is 7.11 Å². The van der Waals surface area contributed by atoms with Gasteiger partial charge in [0, 0.05) is 32.1 Å². The summed E-state index contributed by atoms with van der Waals surface area (Å²) in [5.41, 5.74) is 1.69. The van der Waals surface area contributed by atoms with Crippen molar-refractivity contribution in [2.45, 2.75) is 0 Å². The summed E-state index contributed by atoms with van der Waals surface area (Å²) in [7, 11) is 6.95. The van der Waals surface area contributed by atoms with Crippen molar-refractivity contribution in [3.05, 3.63) is 24.5 Å². The lowest BCUT2D eigenvalue weighted by atomic mass is 10.1. The van der Waals surface area contributed by atoms with Crippen molar-refractivity contribution in [1.82, 2.24) is 15.0 Å². The van der Waals surface area contributed by atoms with Crippen LogP contribution in [0.15, 0.2) is 24.5 Å². The van der Waals surface area contributed by atoms with Gasteiger partial charge < -0.3 is 14.4 Å². The normalized spacial score (nSPS) is 10.1. The summed E-state index contributed by atoms with van der Waals surface area (Å²) in [6.45, 7) is 0. The number of anilines is 1. The van der Waals surface area contributed by atoms with Gasteiger partial charge in [-0.15, -0.1) is 0 Å². The van der Waals surface area contributed by atoms with E-state index in [0.29, 0.717) is 5.88 Å². The van der Waals surface area contributed by atoms with Crippen LogP contribution in [0.4, 0.5) is 5.82 Å². The summed E-state index contributed by atoms with van der Waals surface area (Å²) >= 11 is 0. The van der Waals surface area contributed by atoms with Gasteiger partial charge in [0.15, 0.2) is 0 Å². The fourth-order valence-electron chi connectivity index (χ4n) is 1.75. The molecule has 100 valence electrons. The Kier molecular flexibility index (Phi) is 3.79. The smallest absolute Gasteiger partial charge is 0.319 e. The van der Waals surface area contributed by atoms with E-state index in [4.69, 9.17) is 9.47 Å². The Morgan fingerprint density at radius 1 is 1.05 bits per heavy atom. The van der Waals surface area contributed by atoms with Crippen molar-refractivity contribution in [2.24, 2.45) is 0 Å². The van der Waals surface area contributed by atoms with Gasteiger partial charge in [-0.05, 0) is 12.1 Å². The molecule has 0 bridgehead atoms. The van der Waals surface area contributed by atoms with Crippen LogP contribution in [0.25, 0.3) is 11.1 Å². The maximum Gasteiger partial charge on any atom is 0.319 e. The van der Waals surface area contributed by atoms with Crippen LogP contribution in [-0.4, -0.2) is 43.3 Å².